The first-order chi connectivity index (χ1) is 9.65. The Morgan fingerprint density at radius 2 is 1.90 bits per heavy atom. The predicted molar refractivity (Wildman–Crippen MR) is 73.2 cm³/mol. The molecule has 7 nitrogen and oxygen atoms in total. The number of hydrogen-bond acceptors (Lipinski definition) is 4. The summed E-state index contributed by atoms with van der Waals surface area (Å²) >= 11 is 0. The van der Waals surface area contributed by atoms with Gasteiger partial charge >= 0.3 is 0 Å². The highest BCUT2D eigenvalue weighted by molar-refractivity contribution is 5.92. The maximum atomic E-state index is 12.2. The number of aryl methyl sites for hydroxylation is 2. The second kappa shape index (κ2) is 4.73. The van der Waals surface area contributed by atoms with Gasteiger partial charge in [0.2, 0.25) is 5.82 Å². The van der Waals surface area contributed by atoms with Gasteiger partial charge in [-0.05, 0) is 20.8 Å². The number of rotatable bonds is 3. The molecule has 0 bridgehead atoms. The Morgan fingerprint density at radius 1 is 1.15 bits per heavy atom. The summed E-state index contributed by atoms with van der Waals surface area (Å²) in [6.45, 7) is 8.91. The molecule has 0 fully saturated rings. The van der Waals surface area contributed by atoms with Crippen molar-refractivity contribution >= 4 is 5.91 Å². The minimum Gasteiger partial charge on any atom is -0.334 e. The van der Waals surface area contributed by atoms with E-state index in [0.29, 0.717) is 18.9 Å². The average Bonchev–Trinajstić information content (AvgIpc) is 3.02. The molecular weight excluding hydrogens is 256 g/mol. The van der Waals surface area contributed by atoms with E-state index in [1.54, 1.807) is 4.90 Å². The standard InChI is InChI=1S/C13H18N6O/c1-4-17-6-7-19-11(14-15-12(19)13(17)20)10-8-18(5-2)16-9(10)3/h8H,4-7H2,1-3H3. The molecule has 1 aliphatic heterocycles. The van der Waals surface area contributed by atoms with Crippen LogP contribution in [0.15, 0.2) is 6.20 Å². The van der Waals surface area contributed by atoms with Gasteiger partial charge < -0.3 is 9.47 Å². The minimum atomic E-state index is -0.0435. The third kappa shape index (κ3) is 1.81. The summed E-state index contributed by atoms with van der Waals surface area (Å²) in [5.74, 6) is 1.12. The van der Waals surface area contributed by atoms with Crippen LogP contribution in [-0.4, -0.2) is 48.4 Å². The summed E-state index contributed by atoms with van der Waals surface area (Å²) in [5.41, 5.74) is 1.86. The van der Waals surface area contributed by atoms with Gasteiger partial charge in [-0.15, -0.1) is 10.2 Å². The summed E-state index contributed by atoms with van der Waals surface area (Å²) in [6.07, 6.45) is 1.96. The number of hydrogen-bond donors (Lipinski definition) is 0. The van der Waals surface area contributed by atoms with Crippen LogP contribution in [-0.2, 0) is 13.1 Å². The Labute approximate surface area is 117 Å². The molecule has 0 saturated heterocycles. The molecule has 7 heteroatoms. The number of amides is 1. The Morgan fingerprint density at radius 3 is 2.55 bits per heavy atom. The Balaban J connectivity index is 2.05. The van der Waals surface area contributed by atoms with Crippen LogP contribution in [0.2, 0.25) is 0 Å². The molecule has 0 N–H and O–H groups in total. The third-order valence-corrected chi connectivity index (χ3v) is 3.72. The number of carbonyl (C=O) groups excluding carboxylic acids is 1. The van der Waals surface area contributed by atoms with E-state index in [0.717, 1.165) is 30.2 Å². The van der Waals surface area contributed by atoms with Gasteiger partial charge in [0.15, 0.2) is 5.82 Å². The van der Waals surface area contributed by atoms with E-state index in [-0.39, 0.29) is 5.91 Å². The topological polar surface area (TPSA) is 68.8 Å². The summed E-state index contributed by atoms with van der Waals surface area (Å²) in [6, 6.07) is 0. The summed E-state index contributed by atoms with van der Waals surface area (Å²) in [7, 11) is 0. The zero-order valence-corrected chi connectivity index (χ0v) is 12.0. The fourth-order valence-electron chi connectivity index (χ4n) is 2.54. The van der Waals surface area contributed by atoms with Crippen molar-refractivity contribution in [3.63, 3.8) is 0 Å². The van der Waals surface area contributed by atoms with Crippen LogP contribution in [0.5, 0.6) is 0 Å². The number of aromatic nitrogens is 5. The van der Waals surface area contributed by atoms with E-state index in [2.05, 4.69) is 15.3 Å². The van der Waals surface area contributed by atoms with Crippen LogP contribution in [0.1, 0.15) is 30.2 Å². The maximum Gasteiger partial charge on any atom is 0.291 e. The van der Waals surface area contributed by atoms with Gasteiger partial charge in [0.1, 0.15) is 0 Å². The SMILES string of the molecule is CCN1CCn2c(nnc2-c2cn(CC)nc2C)C1=O. The minimum absolute atomic E-state index is 0.0435. The normalized spacial score (nSPS) is 14.8. The monoisotopic (exact) mass is 274 g/mol. The van der Waals surface area contributed by atoms with Crippen LogP contribution >= 0.6 is 0 Å². The number of nitrogens with zero attached hydrogens (tertiary/aromatic N) is 6. The fourth-order valence-corrected chi connectivity index (χ4v) is 2.54. The average molecular weight is 274 g/mol. The molecule has 0 unspecified atom stereocenters. The van der Waals surface area contributed by atoms with Gasteiger partial charge in [0, 0.05) is 32.4 Å². The predicted octanol–water partition coefficient (Wildman–Crippen LogP) is 0.946. The smallest absolute Gasteiger partial charge is 0.291 e. The zero-order chi connectivity index (χ0) is 14.3. The lowest BCUT2D eigenvalue weighted by Crippen LogP contribution is -2.40. The van der Waals surface area contributed by atoms with E-state index < -0.39 is 0 Å². The van der Waals surface area contributed by atoms with Gasteiger partial charge in [-0.3, -0.25) is 9.48 Å². The molecule has 2 aromatic rings. The first kappa shape index (κ1) is 12.8. The summed E-state index contributed by atoms with van der Waals surface area (Å²) in [4.78, 5) is 14.0. The molecule has 20 heavy (non-hydrogen) atoms. The van der Waals surface area contributed by atoms with Crippen LogP contribution in [0.3, 0.4) is 0 Å². The van der Waals surface area contributed by atoms with E-state index in [4.69, 9.17) is 0 Å². The van der Waals surface area contributed by atoms with Crippen molar-refractivity contribution in [2.75, 3.05) is 13.1 Å². The largest absolute Gasteiger partial charge is 0.334 e. The molecule has 0 aromatic carbocycles. The highest BCUT2D eigenvalue weighted by Crippen LogP contribution is 2.24. The molecule has 1 amide bonds. The Bertz CT molecular complexity index is 656. The molecule has 0 atom stereocenters. The molecular formula is C13H18N6O. The van der Waals surface area contributed by atoms with Crippen LogP contribution < -0.4 is 0 Å². The van der Waals surface area contributed by atoms with Crippen molar-refractivity contribution in [2.24, 2.45) is 0 Å². The molecule has 1 aliphatic rings. The van der Waals surface area contributed by atoms with E-state index in [1.165, 1.54) is 0 Å². The van der Waals surface area contributed by atoms with Crippen molar-refractivity contribution < 1.29 is 4.79 Å². The van der Waals surface area contributed by atoms with Crippen LogP contribution in [0.25, 0.3) is 11.4 Å². The zero-order valence-electron chi connectivity index (χ0n) is 12.0. The van der Waals surface area contributed by atoms with Crippen molar-refractivity contribution in [3.8, 4) is 11.4 Å². The highest BCUT2D eigenvalue weighted by Gasteiger charge is 2.29. The van der Waals surface area contributed by atoms with Crippen molar-refractivity contribution in [2.45, 2.75) is 33.9 Å². The number of fused-ring (bicyclic) bond motifs is 1. The van der Waals surface area contributed by atoms with Crippen LogP contribution in [0, 0.1) is 6.92 Å². The lowest BCUT2D eigenvalue weighted by atomic mass is 10.2. The van der Waals surface area contributed by atoms with Crippen LogP contribution in [0.4, 0.5) is 0 Å². The fraction of sp³-hybridized carbons (Fsp3) is 0.538. The van der Waals surface area contributed by atoms with Gasteiger partial charge in [0.05, 0.1) is 11.3 Å². The first-order valence-electron chi connectivity index (χ1n) is 6.92. The second-order valence-electron chi connectivity index (χ2n) is 4.87. The number of likely N-dealkylation sites (N-methyl/N-ethyl adjacent to an activating group) is 1. The van der Waals surface area contributed by atoms with Gasteiger partial charge in [-0.1, -0.05) is 0 Å². The van der Waals surface area contributed by atoms with E-state index in [9.17, 15) is 4.79 Å². The van der Waals surface area contributed by atoms with E-state index in [1.807, 2.05) is 36.2 Å². The molecule has 106 valence electrons. The Kier molecular flexibility index (Phi) is 3.04. The van der Waals surface area contributed by atoms with Gasteiger partial charge in [-0.25, -0.2) is 0 Å². The molecule has 0 spiro atoms. The molecule has 2 aromatic heterocycles. The Hall–Kier alpha value is -2.18. The van der Waals surface area contributed by atoms with Crippen molar-refractivity contribution in [3.05, 3.63) is 17.7 Å². The summed E-state index contributed by atoms with van der Waals surface area (Å²) in [5, 5.41) is 12.7. The van der Waals surface area contributed by atoms with Crippen molar-refractivity contribution in [1.29, 1.82) is 0 Å². The third-order valence-electron chi connectivity index (χ3n) is 3.72. The number of carbonyl (C=O) groups is 1. The van der Waals surface area contributed by atoms with Gasteiger partial charge in [0.25, 0.3) is 5.91 Å². The molecule has 0 aliphatic carbocycles. The first-order valence-corrected chi connectivity index (χ1v) is 6.92. The highest BCUT2D eigenvalue weighted by atomic mass is 16.2. The molecule has 3 rings (SSSR count). The second-order valence-corrected chi connectivity index (χ2v) is 4.87. The van der Waals surface area contributed by atoms with Crippen molar-refractivity contribution in [1.82, 2.24) is 29.4 Å². The molecule has 0 radical (unpaired) electrons. The lowest BCUT2D eigenvalue weighted by Gasteiger charge is -2.26. The summed E-state index contributed by atoms with van der Waals surface area (Å²) < 4.78 is 3.77. The molecule has 3 heterocycles. The van der Waals surface area contributed by atoms with E-state index >= 15 is 0 Å². The lowest BCUT2D eigenvalue weighted by molar-refractivity contribution is 0.0707. The maximum absolute atomic E-state index is 12.2. The van der Waals surface area contributed by atoms with Gasteiger partial charge in [-0.2, -0.15) is 5.10 Å². The molecule has 0 saturated carbocycles. The quantitative estimate of drug-likeness (QED) is 0.835.